The highest BCUT2D eigenvalue weighted by Gasteiger charge is 2.27. The maximum atomic E-state index is 12.1. The number of alkyl halides is 3. The molecule has 0 N–H and O–H groups in total. The van der Waals surface area contributed by atoms with Crippen LogP contribution >= 0.6 is 0 Å². The molecule has 0 bridgehead atoms. The van der Waals surface area contributed by atoms with Crippen LogP contribution in [0.5, 0.6) is 0 Å². The van der Waals surface area contributed by atoms with Gasteiger partial charge in [0.25, 0.3) is 0 Å². The molecule has 0 saturated carbocycles. The van der Waals surface area contributed by atoms with E-state index in [9.17, 15) is 13.2 Å². The minimum absolute atomic E-state index is 0.195. The van der Waals surface area contributed by atoms with Crippen LogP contribution in [0.15, 0.2) is 30.3 Å². The lowest BCUT2D eigenvalue weighted by molar-refractivity contribution is -0.136. The highest BCUT2D eigenvalue weighted by Crippen LogP contribution is 2.22. The van der Waals surface area contributed by atoms with Crippen molar-refractivity contribution < 1.29 is 13.2 Å². The van der Waals surface area contributed by atoms with Crippen molar-refractivity contribution in [3.63, 3.8) is 0 Å². The van der Waals surface area contributed by atoms with E-state index < -0.39 is 12.6 Å². The van der Waals surface area contributed by atoms with E-state index >= 15 is 0 Å². The fourth-order valence-corrected chi connectivity index (χ4v) is 3.13. The van der Waals surface area contributed by atoms with Crippen molar-refractivity contribution in [2.45, 2.75) is 32.0 Å². The second-order valence-electron chi connectivity index (χ2n) is 6.36. The van der Waals surface area contributed by atoms with Crippen LogP contribution in [0.4, 0.5) is 13.2 Å². The molecular formula is C17H25F3N2. The molecule has 2 nitrogen and oxygen atoms in total. The van der Waals surface area contributed by atoms with Crippen LogP contribution in [-0.2, 0) is 6.54 Å². The fraction of sp³-hybridized carbons (Fsp3) is 0.647. The molecule has 1 aliphatic rings. The Bertz CT molecular complexity index is 433. The smallest absolute Gasteiger partial charge is 0.306 e. The van der Waals surface area contributed by atoms with Gasteiger partial charge in [0.1, 0.15) is 0 Å². The summed E-state index contributed by atoms with van der Waals surface area (Å²) in [5.74, 6) is 0.569. The van der Waals surface area contributed by atoms with Crippen LogP contribution in [0.25, 0.3) is 0 Å². The summed E-state index contributed by atoms with van der Waals surface area (Å²) in [5, 5.41) is 0. The number of rotatable bonds is 7. The summed E-state index contributed by atoms with van der Waals surface area (Å²) in [6.45, 7) is 4.50. The minimum atomic E-state index is -4.03. The molecule has 2 rings (SSSR count). The van der Waals surface area contributed by atoms with Gasteiger partial charge in [-0.1, -0.05) is 30.3 Å². The summed E-state index contributed by atoms with van der Waals surface area (Å²) in [7, 11) is 1.93. The Hall–Kier alpha value is -1.07. The van der Waals surface area contributed by atoms with Crippen molar-refractivity contribution >= 4 is 0 Å². The maximum absolute atomic E-state index is 12.1. The molecule has 1 fully saturated rings. The van der Waals surface area contributed by atoms with Gasteiger partial charge in [-0.25, -0.2) is 0 Å². The monoisotopic (exact) mass is 314 g/mol. The van der Waals surface area contributed by atoms with Crippen molar-refractivity contribution in [3.05, 3.63) is 35.9 Å². The molecule has 0 aromatic heterocycles. The van der Waals surface area contributed by atoms with Crippen molar-refractivity contribution in [1.82, 2.24) is 9.80 Å². The molecule has 1 aliphatic heterocycles. The normalized spacial score (nSPS) is 20.0. The van der Waals surface area contributed by atoms with Gasteiger partial charge in [-0.15, -0.1) is 0 Å². The average Bonchev–Trinajstić information content (AvgIpc) is 2.85. The molecule has 1 aromatic carbocycles. The number of nitrogens with zero attached hydrogens (tertiary/aromatic N) is 2. The number of benzene rings is 1. The average molecular weight is 314 g/mol. The summed E-state index contributed by atoms with van der Waals surface area (Å²) in [6.07, 6.45) is -3.38. The van der Waals surface area contributed by atoms with Crippen molar-refractivity contribution in [2.24, 2.45) is 5.92 Å². The Morgan fingerprint density at radius 3 is 2.64 bits per heavy atom. The topological polar surface area (TPSA) is 6.48 Å². The Morgan fingerprint density at radius 1 is 1.23 bits per heavy atom. The van der Waals surface area contributed by atoms with Gasteiger partial charge >= 0.3 is 6.18 Å². The number of hydrogen-bond donors (Lipinski definition) is 0. The van der Waals surface area contributed by atoms with Crippen molar-refractivity contribution in [3.8, 4) is 0 Å². The predicted molar refractivity (Wildman–Crippen MR) is 82.6 cm³/mol. The van der Waals surface area contributed by atoms with Gasteiger partial charge < -0.3 is 4.90 Å². The molecule has 0 unspecified atom stereocenters. The first-order chi connectivity index (χ1) is 10.4. The highest BCUT2D eigenvalue weighted by molar-refractivity contribution is 5.14. The Kier molecular flexibility index (Phi) is 6.26. The fourth-order valence-electron chi connectivity index (χ4n) is 3.13. The number of hydrogen-bond acceptors (Lipinski definition) is 2. The molecule has 0 amide bonds. The molecule has 0 radical (unpaired) electrons. The Balaban J connectivity index is 1.65. The first-order valence-corrected chi connectivity index (χ1v) is 7.94. The SMILES string of the molecule is CN(CCCC(F)(F)F)C[C@H]1CCN(Cc2ccccc2)C1. The molecule has 1 atom stereocenters. The molecular weight excluding hydrogens is 289 g/mol. The van der Waals surface area contributed by atoms with Gasteiger partial charge in [-0.05, 0) is 44.5 Å². The van der Waals surface area contributed by atoms with E-state index in [1.165, 1.54) is 5.56 Å². The molecule has 0 aliphatic carbocycles. The number of likely N-dealkylation sites (tertiary alicyclic amines) is 1. The van der Waals surface area contributed by atoms with Gasteiger partial charge in [-0.2, -0.15) is 13.2 Å². The quantitative estimate of drug-likeness (QED) is 0.755. The molecule has 124 valence electrons. The van der Waals surface area contributed by atoms with Gasteiger partial charge in [0.2, 0.25) is 0 Å². The molecule has 22 heavy (non-hydrogen) atoms. The predicted octanol–water partition coefficient (Wildman–Crippen LogP) is 3.78. The van der Waals surface area contributed by atoms with E-state index in [1.807, 2.05) is 18.0 Å². The lowest BCUT2D eigenvalue weighted by Crippen LogP contribution is -2.29. The lowest BCUT2D eigenvalue weighted by Gasteiger charge is -2.22. The summed E-state index contributed by atoms with van der Waals surface area (Å²) in [6, 6.07) is 10.4. The van der Waals surface area contributed by atoms with E-state index in [4.69, 9.17) is 0 Å². The summed E-state index contributed by atoms with van der Waals surface area (Å²) >= 11 is 0. The third kappa shape index (κ3) is 6.36. The van der Waals surface area contributed by atoms with Crippen molar-refractivity contribution in [1.29, 1.82) is 0 Å². The van der Waals surface area contributed by atoms with E-state index in [1.54, 1.807) is 0 Å². The Labute approximate surface area is 130 Å². The summed E-state index contributed by atoms with van der Waals surface area (Å²) in [5.41, 5.74) is 1.32. The number of halogens is 3. The standard InChI is InChI=1S/C17H25F3N2/c1-21(10-5-9-17(18,19)20)12-16-8-11-22(14-16)13-15-6-3-2-4-7-15/h2-4,6-7,16H,5,8-14H2,1H3/t16-/m1/s1. The molecule has 5 heteroatoms. The van der Waals surface area contributed by atoms with Crippen LogP contribution < -0.4 is 0 Å². The van der Waals surface area contributed by atoms with Crippen LogP contribution in [-0.4, -0.2) is 49.2 Å². The second-order valence-corrected chi connectivity index (χ2v) is 6.36. The van der Waals surface area contributed by atoms with E-state index in [0.717, 1.165) is 32.6 Å². The zero-order chi connectivity index (χ0) is 16.0. The zero-order valence-electron chi connectivity index (χ0n) is 13.1. The zero-order valence-corrected chi connectivity index (χ0v) is 13.1. The molecule has 1 heterocycles. The highest BCUT2D eigenvalue weighted by atomic mass is 19.4. The lowest BCUT2D eigenvalue weighted by atomic mass is 10.1. The second kappa shape index (κ2) is 7.97. The third-order valence-electron chi connectivity index (χ3n) is 4.19. The Morgan fingerprint density at radius 2 is 1.95 bits per heavy atom. The summed E-state index contributed by atoms with van der Waals surface area (Å²) < 4.78 is 36.4. The molecule has 1 saturated heterocycles. The molecule has 0 spiro atoms. The third-order valence-corrected chi connectivity index (χ3v) is 4.19. The van der Waals surface area contributed by atoms with Gasteiger partial charge in [-0.3, -0.25) is 4.90 Å². The first kappa shape index (κ1) is 17.3. The maximum Gasteiger partial charge on any atom is 0.389 e. The largest absolute Gasteiger partial charge is 0.389 e. The minimum Gasteiger partial charge on any atom is -0.306 e. The van der Waals surface area contributed by atoms with Crippen LogP contribution in [0.3, 0.4) is 0 Å². The van der Waals surface area contributed by atoms with E-state index in [0.29, 0.717) is 12.5 Å². The van der Waals surface area contributed by atoms with Crippen LogP contribution in [0.2, 0.25) is 0 Å². The van der Waals surface area contributed by atoms with Crippen molar-refractivity contribution in [2.75, 3.05) is 33.2 Å². The van der Waals surface area contributed by atoms with Gasteiger partial charge in [0.15, 0.2) is 0 Å². The van der Waals surface area contributed by atoms with E-state index in [2.05, 4.69) is 29.2 Å². The van der Waals surface area contributed by atoms with Crippen LogP contribution in [0, 0.1) is 5.92 Å². The first-order valence-electron chi connectivity index (χ1n) is 7.94. The van der Waals surface area contributed by atoms with Gasteiger partial charge in [0, 0.05) is 26.1 Å². The van der Waals surface area contributed by atoms with Gasteiger partial charge in [0.05, 0.1) is 0 Å². The summed E-state index contributed by atoms with van der Waals surface area (Å²) in [4.78, 5) is 4.48. The van der Waals surface area contributed by atoms with Crippen LogP contribution in [0.1, 0.15) is 24.8 Å². The molecule has 1 aromatic rings. The van der Waals surface area contributed by atoms with E-state index in [-0.39, 0.29) is 6.42 Å².